The maximum absolute atomic E-state index is 14.2. The number of carbonyl (C=O) groups is 1. The summed E-state index contributed by atoms with van der Waals surface area (Å²) in [5, 5.41) is -0.962. The highest BCUT2D eigenvalue weighted by Crippen LogP contribution is 2.33. The molecule has 1 amide bonds. The maximum atomic E-state index is 14.2. The molecule has 1 aliphatic heterocycles. The quantitative estimate of drug-likeness (QED) is 0.693. The molecule has 0 N–H and O–H groups in total. The fourth-order valence-electron chi connectivity index (χ4n) is 3.60. The highest BCUT2D eigenvalue weighted by Gasteiger charge is 2.34. The molecule has 2 aromatic carbocycles. The van der Waals surface area contributed by atoms with Gasteiger partial charge in [0.1, 0.15) is 5.82 Å². The zero-order valence-corrected chi connectivity index (χ0v) is 18.0. The van der Waals surface area contributed by atoms with Crippen molar-refractivity contribution in [1.82, 2.24) is 4.90 Å². The van der Waals surface area contributed by atoms with Gasteiger partial charge >= 0.3 is 0 Å². The third kappa shape index (κ3) is 4.75. The minimum atomic E-state index is -3.59. The van der Waals surface area contributed by atoms with Gasteiger partial charge < -0.3 is 14.4 Å². The van der Waals surface area contributed by atoms with E-state index in [1.54, 1.807) is 24.3 Å². The van der Waals surface area contributed by atoms with Crippen LogP contribution in [0.4, 0.5) is 4.39 Å². The molecule has 2 aromatic rings. The second kappa shape index (κ2) is 9.47. The van der Waals surface area contributed by atoms with E-state index in [0.29, 0.717) is 30.3 Å². The molecule has 8 heteroatoms. The predicted molar refractivity (Wildman–Crippen MR) is 112 cm³/mol. The van der Waals surface area contributed by atoms with Crippen LogP contribution in [0.15, 0.2) is 42.5 Å². The van der Waals surface area contributed by atoms with Crippen molar-refractivity contribution >= 4 is 15.7 Å². The third-order valence-electron chi connectivity index (χ3n) is 5.07. The van der Waals surface area contributed by atoms with Crippen molar-refractivity contribution in [3.05, 3.63) is 59.4 Å². The van der Waals surface area contributed by atoms with Gasteiger partial charge in [0.25, 0.3) is 5.91 Å². The first-order valence-corrected chi connectivity index (χ1v) is 11.7. The van der Waals surface area contributed by atoms with Gasteiger partial charge in [-0.25, -0.2) is 12.8 Å². The summed E-state index contributed by atoms with van der Waals surface area (Å²) in [6.07, 6.45) is 0.143. The molecular formula is C22H26FNO5S. The SMILES string of the molecule is CCOc1ccc(C(=O)N2CC[C@H](c3ccccc3F)S(=O)(=O)CC2)cc1OCC. The van der Waals surface area contributed by atoms with Crippen LogP contribution in [0.1, 0.15) is 41.4 Å². The van der Waals surface area contributed by atoms with Crippen LogP contribution < -0.4 is 9.47 Å². The van der Waals surface area contributed by atoms with Crippen LogP contribution in [-0.2, 0) is 9.84 Å². The topological polar surface area (TPSA) is 72.9 Å². The fraction of sp³-hybridized carbons (Fsp3) is 0.409. The second-order valence-corrected chi connectivity index (χ2v) is 9.29. The molecule has 0 saturated carbocycles. The second-order valence-electron chi connectivity index (χ2n) is 6.99. The van der Waals surface area contributed by atoms with Crippen molar-refractivity contribution in [1.29, 1.82) is 0 Å². The zero-order valence-electron chi connectivity index (χ0n) is 17.1. The first-order valence-electron chi connectivity index (χ1n) is 10.0. The van der Waals surface area contributed by atoms with Gasteiger partial charge in [0.05, 0.1) is 24.2 Å². The maximum Gasteiger partial charge on any atom is 0.254 e. The summed E-state index contributed by atoms with van der Waals surface area (Å²) in [4.78, 5) is 14.6. The van der Waals surface area contributed by atoms with Crippen LogP contribution in [0, 0.1) is 5.82 Å². The number of hydrogen-bond acceptors (Lipinski definition) is 5. The molecule has 0 unspecified atom stereocenters. The lowest BCUT2D eigenvalue weighted by molar-refractivity contribution is 0.0766. The van der Waals surface area contributed by atoms with Gasteiger partial charge in [0.2, 0.25) is 0 Å². The Bertz CT molecular complexity index is 1010. The van der Waals surface area contributed by atoms with Crippen LogP contribution in [0.2, 0.25) is 0 Å². The summed E-state index contributed by atoms with van der Waals surface area (Å²) >= 11 is 0. The number of nitrogens with zero attached hydrogens (tertiary/aromatic N) is 1. The highest BCUT2D eigenvalue weighted by atomic mass is 32.2. The van der Waals surface area contributed by atoms with E-state index in [2.05, 4.69) is 0 Å². The molecule has 0 bridgehead atoms. The van der Waals surface area contributed by atoms with Gasteiger partial charge in [-0.2, -0.15) is 0 Å². The average Bonchev–Trinajstić information content (AvgIpc) is 2.87. The summed E-state index contributed by atoms with van der Waals surface area (Å²) in [7, 11) is -3.59. The summed E-state index contributed by atoms with van der Waals surface area (Å²) < 4.78 is 50.9. The molecule has 0 radical (unpaired) electrons. The van der Waals surface area contributed by atoms with Crippen molar-refractivity contribution in [2.45, 2.75) is 25.5 Å². The van der Waals surface area contributed by atoms with Crippen LogP contribution >= 0.6 is 0 Å². The van der Waals surface area contributed by atoms with E-state index in [0.717, 1.165) is 0 Å². The van der Waals surface area contributed by atoms with Gasteiger partial charge in [0, 0.05) is 24.2 Å². The van der Waals surface area contributed by atoms with Crippen LogP contribution in [0.5, 0.6) is 11.5 Å². The molecule has 1 saturated heterocycles. The first kappa shape index (κ1) is 22.1. The number of sulfone groups is 1. The van der Waals surface area contributed by atoms with Crippen molar-refractivity contribution < 1.29 is 27.1 Å². The number of hydrogen-bond donors (Lipinski definition) is 0. The van der Waals surface area contributed by atoms with E-state index >= 15 is 0 Å². The minimum absolute atomic E-state index is 0.0588. The van der Waals surface area contributed by atoms with Gasteiger partial charge in [-0.05, 0) is 44.5 Å². The van der Waals surface area contributed by atoms with Gasteiger partial charge in [-0.1, -0.05) is 18.2 Å². The Kier molecular flexibility index (Phi) is 6.97. The normalized spacial score (nSPS) is 18.5. The monoisotopic (exact) mass is 435 g/mol. The first-order chi connectivity index (χ1) is 14.4. The van der Waals surface area contributed by atoms with Crippen molar-refractivity contribution in [2.24, 2.45) is 0 Å². The molecule has 0 spiro atoms. The van der Waals surface area contributed by atoms with Gasteiger partial charge in [0.15, 0.2) is 21.3 Å². The molecular weight excluding hydrogens is 409 g/mol. The number of rotatable bonds is 6. The number of carbonyl (C=O) groups excluding carboxylic acids is 1. The molecule has 1 atom stereocenters. The Balaban J connectivity index is 1.83. The summed E-state index contributed by atoms with van der Waals surface area (Å²) in [6.45, 7) is 4.86. The minimum Gasteiger partial charge on any atom is -0.490 e. The van der Waals surface area contributed by atoms with E-state index in [-0.39, 0.29) is 36.7 Å². The van der Waals surface area contributed by atoms with E-state index < -0.39 is 20.9 Å². The summed E-state index contributed by atoms with van der Waals surface area (Å²) in [5.74, 6) is -0.0273. The van der Waals surface area contributed by atoms with Crippen LogP contribution in [0.25, 0.3) is 0 Å². The standard InChI is InChI=1S/C22H26FNO5S/c1-3-28-19-10-9-16(15-20(19)29-4-2)22(25)24-12-11-21(30(26,27)14-13-24)17-7-5-6-8-18(17)23/h5-10,15,21H,3-4,11-14H2,1-2H3/t21-/m1/s1. The highest BCUT2D eigenvalue weighted by molar-refractivity contribution is 7.91. The fourth-order valence-corrected chi connectivity index (χ4v) is 5.40. The van der Waals surface area contributed by atoms with E-state index in [1.165, 1.54) is 23.1 Å². The van der Waals surface area contributed by atoms with Crippen molar-refractivity contribution in [3.8, 4) is 11.5 Å². The molecule has 1 aliphatic rings. The van der Waals surface area contributed by atoms with E-state index in [9.17, 15) is 17.6 Å². The summed E-state index contributed by atoms with van der Waals surface area (Å²) in [6, 6.07) is 10.8. The lowest BCUT2D eigenvalue weighted by Crippen LogP contribution is -2.33. The molecule has 6 nitrogen and oxygen atoms in total. The summed E-state index contributed by atoms with van der Waals surface area (Å²) in [5.41, 5.74) is 0.551. The Morgan fingerprint density at radius 1 is 1.07 bits per heavy atom. The number of benzene rings is 2. The predicted octanol–water partition coefficient (Wildman–Crippen LogP) is 3.63. The number of amides is 1. The van der Waals surface area contributed by atoms with Crippen molar-refractivity contribution in [3.63, 3.8) is 0 Å². The molecule has 162 valence electrons. The Morgan fingerprint density at radius 3 is 2.47 bits per heavy atom. The van der Waals surface area contributed by atoms with Crippen LogP contribution in [0.3, 0.4) is 0 Å². The number of halogens is 1. The Labute approximate surface area is 176 Å². The van der Waals surface area contributed by atoms with Gasteiger partial charge in [-0.15, -0.1) is 0 Å². The molecule has 1 fully saturated rings. The average molecular weight is 436 g/mol. The molecule has 30 heavy (non-hydrogen) atoms. The van der Waals surface area contributed by atoms with Crippen LogP contribution in [-0.4, -0.2) is 51.3 Å². The largest absolute Gasteiger partial charge is 0.490 e. The Hall–Kier alpha value is -2.61. The molecule has 0 aromatic heterocycles. The molecule has 3 rings (SSSR count). The molecule has 0 aliphatic carbocycles. The van der Waals surface area contributed by atoms with E-state index in [1.807, 2.05) is 13.8 Å². The van der Waals surface area contributed by atoms with Gasteiger partial charge in [-0.3, -0.25) is 4.79 Å². The lowest BCUT2D eigenvalue weighted by Gasteiger charge is -2.21. The number of ether oxygens (including phenoxy) is 2. The van der Waals surface area contributed by atoms with Crippen molar-refractivity contribution in [2.75, 3.05) is 32.1 Å². The zero-order chi connectivity index (χ0) is 21.7. The van der Waals surface area contributed by atoms with E-state index in [4.69, 9.17) is 9.47 Å². The molecule has 1 heterocycles. The lowest BCUT2D eigenvalue weighted by atomic mass is 10.1. The third-order valence-corrected chi connectivity index (χ3v) is 7.18. The Morgan fingerprint density at radius 2 is 1.77 bits per heavy atom. The smallest absolute Gasteiger partial charge is 0.254 e.